The van der Waals surface area contributed by atoms with Gasteiger partial charge in [0.05, 0.1) is 4.90 Å². The summed E-state index contributed by atoms with van der Waals surface area (Å²) in [7, 11) is -3.93. The zero-order chi connectivity index (χ0) is 25.9. The maximum Gasteiger partial charge on any atom is 0.245 e. The number of hydrogen-bond donors (Lipinski definition) is 1. The normalized spacial score (nSPS) is 16.9. The summed E-state index contributed by atoms with van der Waals surface area (Å²) < 4.78 is 28.6. The molecule has 36 heavy (non-hydrogen) atoms. The lowest BCUT2D eigenvalue weighted by molar-refractivity contribution is -0.143. The van der Waals surface area contributed by atoms with Crippen molar-refractivity contribution in [3.63, 3.8) is 0 Å². The second-order valence-corrected chi connectivity index (χ2v) is 11.1. The molecule has 0 saturated carbocycles. The maximum atomic E-state index is 13.2. The molecular weight excluding hydrogens is 498 g/mol. The van der Waals surface area contributed by atoms with Crippen molar-refractivity contribution in [1.29, 1.82) is 0 Å². The van der Waals surface area contributed by atoms with E-state index in [4.69, 9.17) is 11.6 Å². The van der Waals surface area contributed by atoms with Gasteiger partial charge in [0.25, 0.3) is 0 Å². The third-order valence-corrected chi connectivity index (χ3v) is 8.36. The van der Waals surface area contributed by atoms with Crippen molar-refractivity contribution in [3.05, 3.63) is 77.3 Å². The first-order valence-corrected chi connectivity index (χ1v) is 13.9. The molecule has 0 bridgehead atoms. The molecule has 3 aromatic rings. The number of carbonyl (C=O) groups excluding carboxylic acids is 2. The number of likely N-dealkylation sites (N-methyl/N-ethyl adjacent to an activating group) is 1. The highest BCUT2D eigenvalue weighted by molar-refractivity contribution is 7.89. The molecule has 3 aromatic carbocycles. The molecule has 2 amide bonds. The molecule has 0 aromatic heterocycles. The Hall–Kier alpha value is -2.94. The summed E-state index contributed by atoms with van der Waals surface area (Å²) in [4.78, 5) is 29.6. The van der Waals surface area contributed by atoms with Crippen molar-refractivity contribution in [1.82, 2.24) is 14.5 Å². The first-order chi connectivity index (χ1) is 17.2. The number of rotatable bonds is 9. The minimum absolute atomic E-state index is 0.0748. The Labute approximate surface area is 217 Å². The summed E-state index contributed by atoms with van der Waals surface area (Å²) in [6.07, 6.45) is 1.02. The first kappa shape index (κ1) is 26.1. The van der Waals surface area contributed by atoms with E-state index in [9.17, 15) is 18.0 Å². The van der Waals surface area contributed by atoms with Gasteiger partial charge in [0.15, 0.2) is 0 Å². The lowest BCUT2D eigenvalue weighted by atomic mass is 10.1. The standard InChI is InChI=1S/C27H30ClN3O4S/c1-3-30(15-13-20-7-5-4-6-8-20)26(32)19(2)31-16-14-25(27(31)33)29-36(34,35)24-12-10-21-17-23(28)11-9-22(21)18-24/h4-12,17-19,25,29H,3,13-16H2,1-2H3/t19-,25-/m0/s1. The van der Waals surface area contributed by atoms with Crippen LogP contribution in [0.15, 0.2) is 71.6 Å². The van der Waals surface area contributed by atoms with Gasteiger partial charge in [0.1, 0.15) is 12.1 Å². The van der Waals surface area contributed by atoms with E-state index in [1.807, 2.05) is 37.3 Å². The van der Waals surface area contributed by atoms with Crippen LogP contribution >= 0.6 is 11.6 Å². The van der Waals surface area contributed by atoms with Crippen LogP contribution in [0.1, 0.15) is 25.8 Å². The highest BCUT2D eigenvalue weighted by Gasteiger charge is 2.39. The van der Waals surface area contributed by atoms with Crippen molar-refractivity contribution >= 4 is 44.2 Å². The Bertz CT molecular complexity index is 1360. The summed E-state index contributed by atoms with van der Waals surface area (Å²) in [5.74, 6) is -0.524. The minimum Gasteiger partial charge on any atom is -0.341 e. The molecule has 0 aliphatic carbocycles. The number of fused-ring (bicyclic) bond motifs is 1. The molecule has 1 saturated heterocycles. The topological polar surface area (TPSA) is 86.8 Å². The van der Waals surface area contributed by atoms with Gasteiger partial charge in [-0.3, -0.25) is 9.59 Å². The Kier molecular flexibility index (Phi) is 7.97. The molecule has 190 valence electrons. The molecule has 1 fully saturated rings. The summed E-state index contributed by atoms with van der Waals surface area (Å²) in [6, 6.07) is 18.3. The van der Waals surface area contributed by atoms with Gasteiger partial charge in [-0.2, -0.15) is 4.72 Å². The van der Waals surface area contributed by atoms with Crippen LogP contribution in [0.2, 0.25) is 5.02 Å². The molecule has 0 radical (unpaired) electrons. The summed E-state index contributed by atoms with van der Waals surface area (Å²) in [5.41, 5.74) is 1.14. The average molecular weight is 528 g/mol. The molecule has 9 heteroatoms. The van der Waals surface area contributed by atoms with E-state index in [0.29, 0.717) is 31.1 Å². The fourth-order valence-corrected chi connectivity index (χ4v) is 5.98. The zero-order valence-electron chi connectivity index (χ0n) is 20.4. The van der Waals surface area contributed by atoms with Crippen molar-refractivity contribution in [3.8, 4) is 0 Å². The van der Waals surface area contributed by atoms with Crippen LogP contribution in [0.4, 0.5) is 0 Å². The lowest BCUT2D eigenvalue weighted by Crippen LogP contribution is -2.50. The Morgan fingerprint density at radius 2 is 1.81 bits per heavy atom. The number of sulfonamides is 1. The molecule has 1 aliphatic rings. The van der Waals surface area contributed by atoms with Gasteiger partial charge in [-0.05, 0) is 67.3 Å². The fraction of sp³-hybridized carbons (Fsp3) is 0.333. The summed E-state index contributed by atoms with van der Waals surface area (Å²) in [5, 5.41) is 2.12. The molecule has 1 heterocycles. The molecule has 0 spiro atoms. The van der Waals surface area contributed by atoms with Crippen LogP contribution in [-0.2, 0) is 26.0 Å². The number of halogens is 1. The average Bonchev–Trinajstić information content (AvgIpc) is 3.23. The smallest absolute Gasteiger partial charge is 0.245 e. The molecular formula is C27H30ClN3O4S. The Balaban J connectivity index is 1.41. The van der Waals surface area contributed by atoms with E-state index in [1.165, 1.54) is 11.0 Å². The number of benzene rings is 3. The number of hydrogen-bond acceptors (Lipinski definition) is 4. The minimum atomic E-state index is -3.93. The van der Waals surface area contributed by atoms with Crippen molar-refractivity contribution in [2.75, 3.05) is 19.6 Å². The third-order valence-electron chi connectivity index (χ3n) is 6.65. The molecule has 0 unspecified atom stereocenters. The largest absolute Gasteiger partial charge is 0.341 e. The number of amides is 2. The van der Waals surface area contributed by atoms with Gasteiger partial charge < -0.3 is 9.80 Å². The van der Waals surface area contributed by atoms with Crippen LogP contribution in [0.5, 0.6) is 0 Å². The fourth-order valence-electron chi connectivity index (χ4n) is 4.54. The molecule has 1 aliphatic heterocycles. The van der Waals surface area contributed by atoms with E-state index in [-0.39, 0.29) is 16.7 Å². The van der Waals surface area contributed by atoms with Crippen molar-refractivity contribution in [2.45, 2.75) is 43.7 Å². The van der Waals surface area contributed by atoms with Crippen molar-refractivity contribution < 1.29 is 18.0 Å². The number of nitrogens with zero attached hydrogens (tertiary/aromatic N) is 2. The predicted octanol–water partition coefficient (Wildman–Crippen LogP) is 3.85. The van der Waals surface area contributed by atoms with Gasteiger partial charge >= 0.3 is 0 Å². The molecule has 7 nitrogen and oxygen atoms in total. The number of carbonyl (C=O) groups is 2. The third kappa shape index (κ3) is 5.72. The molecule has 1 N–H and O–H groups in total. The van der Waals surface area contributed by atoms with E-state index in [1.54, 1.807) is 42.2 Å². The lowest BCUT2D eigenvalue weighted by Gasteiger charge is -2.30. The second-order valence-electron chi connectivity index (χ2n) is 8.98. The quantitative estimate of drug-likeness (QED) is 0.458. The second kappa shape index (κ2) is 11.0. The van der Waals surface area contributed by atoms with Crippen LogP contribution in [0, 0.1) is 0 Å². The van der Waals surface area contributed by atoms with Gasteiger partial charge in [-0.1, -0.05) is 54.1 Å². The molecule has 4 rings (SSSR count). The van der Waals surface area contributed by atoms with Crippen LogP contribution < -0.4 is 4.72 Å². The van der Waals surface area contributed by atoms with Gasteiger partial charge in [0, 0.05) is 24.7 Å². The number of nitrogens with one attached hydrogen (secondary N) is 1. The zero-order valence-corrected chi connectivity index (χ0v) is 21.9. The summed E-state index contributed by atoms with van der Waals surface area (Å²) >= 11 is 6.01. The van der Waals surface area contributed by atoms with Crippen LogP contribution in [0.25, 0.3) is 10.8 Å². The molecule has 2 atom stereocenters. The summed E-state index contributed by atoms with van der Waals surface area (Å²) in [6.45, 7) is 5.01. The first-order valence-electron chi connectivity index (χ1n) is 12.0. The number of likely N-dealkylation sites (tertiary alicyclic amines) is 1. The SMILES string of the molecule is CCN(CCc1ccccc1)C(=O)[C@H](C)N1CC[C@H](NS(=O)(=O)c2ccc3cc(Cl)ccc3c2)C1=O. The van der Waals surface area contributed by atoms with E-state index in [2.05, 4.69) is 4.72 Å². The van der Waals surface area contributed by atoms with Crippen LogP contribution in [0.3, 0.4) is 0 Å². The van der Waals surface area contributed by atoms with Gasteiger partial charge in [-0.25, -0.2) is 8.42 Å². The monoisotopic (exact) mass is 527 g/mol. The Morgan fingerprint density at radius 1 is 1.11 bits per heavy atom. The van der Waals surface area contributed by atoms with Gasteiger partial charge in [0.2, 0.25) is 21.8 Å². The maximum absolute atomic E-state index is 13.2. The Morgan fingerprint density at radius 3 is 2.53 bits per heavy atom. The highest BCUT2D eigenvalue weighted by atomic mass is 35.5. The van der Waals surface area contributed by atoms with E-state index >= 15 is 0 Å². The van der Waals surface area contributed by atoms with Crippen LogP contribution in [-0.4, -0.2) is 61.7 Å². The van der Waals surface area contributed by atoms with E-state index < -0.39 is 22.1 Å². The van der Waals surface area contributed by atoms with Gasteiger partial charge in [-0.15, -0.1) is 0 Å². The van der Waals surface area contributed by atoms with Crippen molar-refractivity contribution in [2.24, 2.45) is 0 Å². The van der Waals surface area contributed by atoms with E-state index in [0.717, 1.165) is 22.8 Å². The predicted molar refractivity (Wildman–Crippen MR) is 141 cm³/mol. The highest BCUT2D eigenvalue weighted by Crippen LogP contribution is 2.24.